The fourth-order valence-corrected chi connectivity index (χ4v) is 5.53. The van der Waals surface area contributed by atoms with Crippen molar-refractivity contribution in [1.82, 2.24) is 25.6 Å². The van der Waals surface area contributed by atoms with Gasteiger partial charge >= 0.3 is 12.1 Å². The van der Waals surface area contributed by atoms with E-state index in [0.29, 0.717) is 46.4 Å². The fourth-order valence-electron chi connectivity index (χ4n) is 5.53. The van der Waals surface area contributed by atoms with Crippen LogP contribution in [0.3, 0.4) is 0 Å². The average Bonchev–Trinajstić information content (AvgIpc) is 3.50. The summed E-state index contributed by atoms with van der Waals surface area (Å²) in [6, 6.07) is 3.02. The minimum atomic E-state index is -1.07. The van der Waals surface area contributed by atoms with Gasteiger partial charge in [0.25, 0.3) is 5.85 Å². The summed E-state index contributed by atoms with van der Waals surface area (Å²) in [4.78, 5) is 30.4. The van der Waals surface area contributed by atoms with Crippen LogP contribution < -0.4 is 25.6 Å². The summed E-state index contributed by atoms with van der Waals surface area (Å²) in [5.74, 6) is -0.659. The highest BCUT2D eigenvalue weighted by atomic mass is 19.1. The van der Waals surface area contributed by atoms with Crippen LogP contribution in [0.25, 0.3) is 21.9 Å². The molecule has 5 N–H and O–H groups in total. The first kappa shape index (κ1) is 21.4. The molecular formula is C23H25FN8O3. The molecule has 0 spiro atoms. The molecule has 2 aliphatic heterocycles. The van der Waals surface area contributed by atoms with E-state index < -0.39 is 11.9 Å². The molecule has 1 aromatic carbocycles. The summed E-state index contributed by atoms with van der Waals surface area (Å²) < 4.78 is 20.6. The van der Waals surface area contributed by atoms with E-state index in [1.807, 2.05) is 0 Å². The molecule has 2 fully saturated rings. The van der Waals surface area contributed by atoms with Crippen LogP contribution in [0.1, 0.15) is 19.8 Å². The number of fused-ring (bicyclic) bond motifs is 5. The largest absolute Gasteiger partial charge is 0.465 e. The average molecular weight is 481 g/mol. The maximum Gasteiger partial charge on any atom is 0.404 e. The molecule has 1 amide bonds. The van der Waals surface area contributed by atoms with Gasteiger partial charge in [-0.1, -0.05) is 0 Å². The number of ether oxygens (including phenoxy) is 1. The number of nitrogens with zero attached hydrogens (tertiary/aromatic N) is 4. The number of aliphatic imine (C=N–C) groups is 1. The summed E-state index contributed by atoms with van der Waals surface area (Å²) in [5, 5.41) is 19.3. The Kier molecular flexibility index (Phi) is 4.73. The van der Waals surface area contributed by atoms with Crippen molar-refractivity contribution in [2.75, 3.05) is 23.8 Å². The van der Waals surface area contributed by atoms with Crippen molar-refractivity contribution in [2.45, 2.75) is 37.7 Å². The van der Waals surface area contributed by atoms with E-state index in [0.717, 1.165) is 6.42 Å². The van der Waals surface area contributed by atoms with Crippen molar-refractivity contribution in [2.24, 2.45) is 10.9 Å². The first-order valence-electron chi connectivity index (χ1n) is 11.5. The molecule has 12 heteroatoms. The lowest BCUT2D eigenvalue weighted by Crippen LogP contribution is -2.46. The van der Waals surface area contributed by atoms with Crippen LogP contribution >= 0.6 is 0 Å². The molecule has 3 aliphatic rings. The van der Waals surface area contributed by atoms with Crippen LogP contribution in [0.5, 0.6) is 6.01 Å². The second-order valence-corrected chi connectivity index (χ2v) is 9.26. The van der Waals surface area contributed by atoms with Crippen molar-refractivity contribution in [3.63, 3.8) is 0 Å². The lowest BCUT2D eigenvalue weighted by Gasteiger charge is -2.33. The number of amides is 1. The Morgan fingerprint density at radius 2 is 2.20 bits per heavy atom. The van der Waals surface area contributed by atoms with Crippen molar-refractivity contribution in [1.29, 1.82) is 0 Å². The highest BCUT2D eigenvalue weighted by Gasteiger charge is 2.46. The molecule has 11 nitrogen and oxygen atoms in total. The predicted molar refractivity (Wildman–Crippen MR) is 130 cm³/mol. The second kappa shape index (κ2) is 7.72. The number of nitrogens with one attached hydrogen (secondary N) is 4. The molecule has 1 aliphatic carbocycles. The Hall–Kier alpha value is -4.09. The van der Waals surface area contributed by atoms with Gasteiger partial charge in [0, 0.05) is 50.4 Å². The van der Waals surface area contributed by atoms with Gasteiger partial charge in [-0.25, -0.2) is 14.2 Å². The summed E-state index contributed by atoms with van der Waals surface area (Å²) >= 11 is 0. The van der Waals surface area contributed by atoms with Gasteiger partial charge in [0.1, 0.15) is 17.3 Å². The van der Waals surface area contributed by atoms with Crippen LogP contribution in [0.2, 0.25) is 0 Å². The Balaban J connectivity index is 1.48. The standard InChI is InChI=1S/C23H25FN8O3/c1-23(26-4-3-5-27-23)35-21-30-19-17(14-7-12(24)8-16(25-2)18(14)29-19)20(31-21)32-10-11-6-13(32)9-15(11)28-22(33)34/h3-5,7-8,11,13,15,25-26,28H,6,9-10H2,1-2H3,(H,33,34)(H,29,30,31)/t11-,13-,15-,23?/m1/s1. The van der Waals surface area contributed by atoms with Gasteiger partial charge in [-0.3, -0.25) is 0 Å². The third-order valence-corrected chi connectivity index (χ3v) is 7.02. The fraction of sp³-hybridized carbons (Fsp3) is 0.391. The zero-order valence-corrected chi connectivity index (χ0v) is 19.2. The van der Waals surface area contributed by atoms with Crippen LogP contribution in [0.15, 0.2) is 29.4 Å². The minimum Gasteiger partial charge on any atom is -0.465 e. The third kappa shape index (κ3) is 3.56. The van der Waals surface area contributed by atoms with E-state index in [9.17, 15) is 14.3 Å². The number of H-pyrrole nitrogens is 1. The Labute approximate surface area is 199 Å². The van der Waals surface area contributed by atoms with Crippen LogP contribution in [0, 0.1) is 11.7 Å². The van der Waals surface area contributed by atoms with E-state index in [1.165, 1.54) is 12.1 Å². The number of piperidine rings is 1. The van der Waals surface area contributed by atoms with Gasteiger partial charge in [0.05, 0.1) is 16.6 Å². The highest BCUT2D eigenvalue weighted by molar-refractivity contribution is 6.14. The molecular weight excluding hydrogens is 455 g/mol. The van der Waals surface area contributed by atoms with E-state index >= 15 is 0 Å². The maximum atomic E-state index is 14.5. The molecule has 3 aromatic rings. The predicted octanol–water partition coefficient (Wildman–Crippen LogP) is 2.77. The number of anilines is 2. The number of halogens is 1. The number of carbonyl (C=O) groups is 1. The van der Waals surface area contributed by atoms with Gasteiger partial charge < -0.3 is 35.7 Å². The zero-order valence-electron chi connectivity index (χ0n) is 19.2. The van der Waals surface area contributed by atoms with E-state index in [2.05, 4.69) is 35.8 Å². The third-order valence-electron chi connectivity index (χ3n) is 7.02. The molecule has 35 heavy (non-hydrogen) atoms. The van der Waals surface area contributed by atoms with E-state index in [-0.39, 0.29) is 29.8 Å². The summed E-state index contributed by atoms with van der Waals surface area (Å²) in [6.45, 7) is 2.39. The van der Waals surface area contributed by atoms with E-state index in [4.69, 9.17) is 9.72 Å². The SMILES string of the molecule is CNc1cc(F)cc2c1[nH]c1nc(OC3(C)N=CC=CN3)nc(N3C[C@H]4C[C@@H]3C[C@H]4NC(=O)O)c12. The number of carboxylic acid groups (broad SMARTS) is 1. The van der Waals surface area contributed by atoms with Crippen molar-refractivity contribution < 1.29 is 19.0 Å². The topological polar surface area (TPSA) is 140 Å². The molecule has 182 valence electrons. The molecule has 6 rings (SSSR count). The van der Waals surface area contributed by atoms with Gasteiger partial charge in [-0.2, -0.15) is 9.97 Å². The summed E-state index contributed by atoms with van der Waals surface area (Å²) in [6.07, 6.45) is 5.63. The van der Waals surface area contributed by atoms with Crippen LogP contribution in [-0.2, 0) is 0 Å². The lowest BCUT2D eigenvalue weighted by molar-refractivity contribution is 0.0650. The van der Waals surface area contributed by atoms with E-state index in [1.54, 1.807) is 32.5 Å². The quantitative estimate of drug-likeness (QED) is 0.376. The molecule has 0 radical (unpaired) electrons. The zero-order chi connectivity index (χ0) is 24.3. The maximum absolute atomic E-state index is 14.5. The van der Waals surface area contributed by atoms with Gasteiger partial charge in [0.2, 0.25) is 0 Å². The molecule has 1 saturated carbocycles. The van der Waals surface area contributed by atoms with Gasteiger partial charge in [0.15, 0.2) is 0 Å². The molecule has 2 aromatic heterocycles. The van der Waals surface area contributed by atoms with Gasteiger partial charge in [-0.15, -0.1) is 0 Å². The highest BCUT2D eigenvalue weighted by Crippen LogP contribution is 2.44. The number of aromatic amines is 1. The number of aromatic nitrogens is 3. The van der Waals surface area contributed by atoms with Crippen LogP contribution in [-0.4, -0.2) is 63.9 Å². The monoisotopic (exact) mass is 480 g/mol. The first-order valence-corrected chi connectivity index (χ1v) is 11.5. The second-order valence-electron chi connectivity index (χ2n) is 9.26. The molecule has 1 unspecified atom stereocenters. The molecule has 4 atom stereocenters. The Morgan fingerprint density at radius 3 is 2.89 bits per heavy atom. The lowest BCUT2D eigenvalue weighted by atomic mass is 10.0. The molecule has 1 saturated heterocycles. The first-order chi connectivity index (χ1) is 16.8. The number of benzene rings is 1. The van der Waals surface area contributed by atoms with Crippen LogP contribution in [0.4, 0.5) is 20.7 Å². The minimum absolute atomic E-state index is 0.0921. The Morgan fingerprint density at radius 1 is 1.34 bits per heavy atom. The summed E-state index contributed by atoms with van der Waals surface area (Å²) in [7, 11) is 1.73. The molecule has 2 bridgehead atoms. The van der Waals surface area contributed by atoms with Crippen molar-refractivity contribution >= 4 is 45.7 Å². The Bertz CT molecular complexity index is 1400. The number of rotatable bonds is 5. The number of hydrogen-bond donors (Lipinski definition) is 5. The normalized spacial score (nSPS) is 26.9. The number of hydrogen-bond acceptors (Lipinski definition) is 8. The smallest absolute Gasteiger partial charge is 0.404 e. The van der Waals surface area contributed by atoms with Crippen molar-refractivity contribution in [3.05, 3.63) is 30.2 Å². The van der Waals surface area contributed by atoms with Crippen molar-refractivity contribution in [3.8, 4) is 6.01 Å². The molecule has 4 heterocycles. The number of allylic oxidation sites excluding steroid dienone is 1. The summed E-state index contributed by atoms with van der Waals surface area (Å²) in [5.41, 5.74) is 1.84. The van der Waals surface area contributed by atoms with Gasteiger partial charge in [-0.05, 0) is 37.0 Å².